The first-order valence-corrected chi connectivity index (χ1v) is 24.2. The third kappa shape index (κ3) is 8.56. The molecule has 0 fully saturated rings. The molecule has 0 N–H and O–H groups in total. The maximum absolute atomic E-state index is 7.09. The van der Waals surface area contributed by atoms with Crippen LogP contribution in [-0.2, 0) is 21.7 Å². The zero-order valence-corrected chi connectivity index (χ0v) is 41.7. The van der Waals surface area contributed by atoms with E-state index < -0.39 is 0 Å². The summed E-state index contributed by atoms with van der Waals surface area (Å²) in [5.74, 6) is 2.36. The quantitative estimate of drug-likeness (QED) is 0.101. The van der Waals surface area contributed by atoms with Gasteiger partial charge in [-0.2, -0.15) is 0 Å². The first-order chi connectivity index (χ1) is 33.0. The van der Waals surface area contributed by atoms with Crippen LogP contribution >= 0.6 is 0 Å². The summed E-state index contributed by atoms with van der Waals surface area (Å²) in [6, 6.07) is 65.1. The van der Waals surface area contributed by atoms with Gasteiger partial charge in [-0.3, -0.25) is 13.7 Å². The van der Waals surface area contributed by atoms with Crippen LogP contribution in [0.25, 0.3) is 50.1 Å². The third-order valence-corrected chi connectivity index (χ3v) is 14.1. The van der Waals surface area contributed by atoms with Crippen LogP contribution in [0.3, 0.4) is 0 Å². The van der Waals surface area contributed by atoms with Crippen molar-refractivity contribution >= 4 is 21.8 Å². The van der Waals surface area contributed by atoms with Crippen LogP contribution in [0.1, 0.15) is 103 Å². The van der Waals surface area contributed by atoms with Crippen LogP contribution < -0.4 is 9.30 Å². The van der Waals surface area contributed by atoms with Gasteiger partial charge in [0.25, 0.3) is 6.33 Å². The molecule has 0 bridgehead atoms. The lowest BCUT2D eigenvalue weighted by Crippen LogP contribution is -2.40. The zero-order valence-electron chi connectivity index (χ0n) is 41.7. The Balaban J connectivity index is 1.14. The van der Waals surface area contributed by atoms with Gasteiger partial charge in [-0.15, -0.1) is 0 Å². The fourth-order valence-electron chi connectivity index (χ4n) is 9.83. The number of rotatable bonds is 10. The van der Waals surface area contributed by atoms with Crippen molar-refractivity contribution in [3.05, 3.63) is 234 Å². The molecule has 3 aromatic heterocycles. The highest BCUT2D eigenvalue weighted by Gasteiger charge is 2.31. The summed E-state index contributed by atoms with van der Waals surface area (Å²) >= 11 is 0. The number of hydrogen-bond donors (Lipinski definition) is 0. The van der Waals surface area contributed by atoms with Gasteiger partial charge in [0.15, 0.2) is 0 Å². The molecule has 0 spiro atoms. The molecule has 0 unspecified atom stereocenters. The van der Waals surface area contributed by atoms with E-state index in [-0.39, 0.29) is 21.7 Å². The average molecular weight is 903 g/mol. The largest absolute Gasteiger partial charge is 0.458 e. The van der Waals surface area contributed by atoms with E-state index in [1.807, 2.05) is 12.3 Å². The molecule has 3 heterocycles. The SMILES string of the molecule is CC(C)(C)c1cc(-c2ccccc2)cc(-[n+]2[c-]n(-c3cccc(Oc4cc(C(C)(C)c5ccccc5)c5c6ccccc6n(-c6cc(C(C)(C)C)ccn6)c5c4)c3)cc2C(C)(C)c2ccccc2)c1. The number of imidazole rings is 1. The number of ether oxygens (including phenoxy) is 1. The van der Waals surface area contributed by atoms with E-state index in [1.54, 1.807) is 0 Å². The summed E-state index contributed by atoms with van der Waals surface area (Å²) in [5.41, 5.74) is 12.8. The van der Waals surface area contributed by atoms with Gasteiger partial charge in [0.2, 0.25) is 0 Å². The van der Waals surface area contributed by atoms with E-state index in [9.17, 15) is 0 Å². The van der Waals surface area contributed by atoms with Crippen LogP contribution in [-0.4, -0.2) is 14.1 Å². The van der Waals surface area contributed by atoms with Gasteiger partial charge in [0, 0.05) is 40.1 Å². The molecular formula is C64H62N4O. The third-order valence-electron chi connectivity index (χ3n) is 14.1. The number of fused-ring (bicyclic) bond motifs is 3. The molecule has 0 saturated carbocycles. The van der Waals surface area contributed by atoms with Crippen molar-refractivity contribution in [2.75, 3.05) is 0 Å². The normalized spacial score (nSPS) is 12.5. The second kappa shape index (κ2) is 17.2. The molecule has 5 heteroatoms. The second-order valence-electron chi connectivity index (χ2n) is 21.7. The first kappa shape index (κ1) is 45.3. The molecule has 10 aromatic rings. The van der Waals surface area contributed by atoms with Crippen molar-refractivity contribution in [2.45, 2.75) is 90.9 Å². The summed E-state index contributed by atoms with van der Waals surface area (Å²) < 4.78 is 13.8. The fourth-order valence-corrected chi connectivity index (χ4v) is 9.83. The van der Waals surface area contributed by atoms with Gasteiger partial charge in [-0.25, -0.2) is 4.98 Å². The molecule has 69 heavy (non-hydrogen) atoms. The molecular weight excluding hydrogens is 841 g/mol. The van der Waals surface area contributed by atoms with Crippen LogP contribution in [0.2, 0.25) is 0 Å². The number of para-hydroxylation sites is 1. The summed E-state index contributed by atoms with van der Waals surface area (Å²) in [7, 11) is 0. The number of aromatic nitrogens is 4. The van der Waals surface area contributed by atoms with Crippen molar-refractivity contribution in [3.63, 3.8) is 0 Å². The zero-order chi connectivity index (χ0) is 48.3. The Hall–Kier alpha value is -7.50. The van der Waals surface area contributed by atoms with E-state index in [0.717, 1.165) is 45.4 Å². The van der Waals surface area contributed by atoms with Crippen molar-refractivity contribution in [1.29, 1.82) is 0 Å². The Labute approximate surface area is 408 Å². The molecule has 0 saturated heterocycles. The monoisotopic (exact) mass is 902 g/mol. The van der Waals surface area contributed by atoms with E-state index in [2.05, 4.69) is 271 Å². The summed E-state index contributed by atoms with van der Waals surface area (Å²) in [4.78, 5) is 5.02. The molecule has 7 aromatic carbocycles. The summed E-state index contributed by atoms with van der Waals surface area (Å²) in [6.45, 7) is 22.8. The molecule has 0 amide bonds. The molecule has 0 aliphatic carbocycles. The van der Waals surface area contributed by atoms with Gasteiger partial charge >= 0.3 is 0 Å². The topological polar surface area (TPSA) is 35.9 Å². The highest BCUT2D eigenvalue weighted by Crippen LogP contribution is 2.45. The molecule has 5 nitrogen and oxygen atoms in total. The highest BCUT2D eigenvalue weighted by molar-refractivity contribution is 6.11. The summed E-state index contributed by atoms with van der Waals surface area (Å²) in [5, 5.41) is 2.37. The predicted octanol–water partition coefficient (Wildman–Crippen LogP) is 15.8. The van der Waals surface area contributed by atoms with Crippen molar-refractivity contribution < 1.29 is 9.30 Å². The predicted molar refractivity (Wildman–Crippen MR) is 285 cm³/mol. The van der Waals surface area contributed by atoms with Gasteiger partial charge in [0.1, 0.15) is 17.3 Å². The highest BCUT2D eigenvalue weighted by atomic mass is 16.5. The van der Waals surface area contributed by atoms with Gasteiger partial charge < -0.3 is 4.74 Å². The Bertz CT molecular complexity index is 3470. The van der Waals surface area contributed by atoms with E-state index in [0.29, 0.717) is 0 Å². The Morgan fingerprint density at radius 2 is 1.13 bits per heavy atom. The van der Waals surface area contributed by atoms with Gasteiger partial charge in [0.05, 0.1) is 28.1 Å². The van der Waals surface area contributed by atoms with Crippen LogP contribution in [0.15, 0.2) is 194 Å². The maximum Gasteiger partial charge on any atom is 0.269 e. The van der Waals surface area contributed by atoms with Crippen LogP contribution in [0.4, 0.5) is 0 Å². The molecule has 0 aliphatic rings. The maximum atomic E-state index is 7.09. The Morgan fingerprint density at radius 3 is 1.81 bits per heavy atom. The molecule has 0 atom stereocenters. The molecule has 0 radical (unpaired) electrons. The first-order valence-electron chi connectivity index (χ1n) is 24.2. The number of benzene rings is 7. The van der Waals surface area contributed by atoms with Crippen LogP contribution in [0.5, 0.6) is 11.5 Å². The lowest BCUT2D eigenvalue weighted by Gasteiger charge is -2.28. The van der Waals surface area contributed by atoms with Gasteiger partial charge in [-0.05, 0) is 104 Å². The van der Waals surface area contributed by atoms with Crippen molar-refractivity contribution in [3.8, 4) is 39.8 Å². The minimum absolute atomic E-state index is 0.0494. The summed E-state index contributed by atoms with van der Waals surface area (Å²) in [6.07, 6.45) is 8.01. The lowest BCUT2D eigenvalue weighted by atomic mass is 9.76. The van der Waals surface area contributed by atoms with E-state index in [1.165, 1.54) is 49.7 Å². The number of hydrogen-bond acceptors (Lipinski definition) is 2. The minimum atomic E-state index is -0.378. The Morgan fingerprint density at radius 1 is 0.493 bits per heavy atom. The molecule has 0 aliphatic heterocycles. The smallest absolute Gasteiger partial charge is 0.269 e. The average Bonchev–Trinajstić information content (AvgIpc) is 3.95. The van der Waals surface area contributed by atoms with Crippen molar-refractivity contribution in [2.24, 2.45) is 0 Å². The van der Waals surface area contributed by atoms with Gasteiger partial charge in [-0.1, -0.05) is 191 Å². The number of pyridine rings is 1. The van der Waals surface area contributed by atoms with Crippen molar-refractivity contribution in [1.82, 2.24) is 14.1 Å². The minimum Gasteiger partial charge on any atom is -0.458 e. The second-order valence-corrected chi connectivity index (χ2v) is 21.7. The Kier molecular flexibility index (Phi) is 11.3. The van der Waals surface area contributed by atoms with E-state index in [4.69, 9.17) is 9.72 Å². The molecule has 344 valence electrons. The van der Waals surface area contributed by atoms with E-state index >= 15 is 0 Å². The number of nitrogens with zero attached hydrogens (tertiary/aromatic N) is 4. The van der Waals surface area contributed by atoms with Crippen LogP contribution in [0, 0.1) is 6.33 Å². The standard InChI is InChI=1S/C64H62N4O/c1-61(2,3)48-33-34-65-59(38-48)68-56-32-21-20-31-54(56)60-55(63(7,8)46-25-16-12-17-26-46)40-53(41-57(60)68)69-52-30-22-29-50(39-52)66-42-58(64(9,10)47-27-18-13-19-28-47)67(43-66)51-36-45(44-23-14-11-15-24-44)35-49(37-51)62(4,5)6/h11-42H,1-10H3. The lowest BCUT2D eigenvalue weighted by molar-refractivity contribution is -0.611. The molecule has 10 rings (SSSR count). The fraction of sp³-hybridized carbons (Fsp3) is 0.219.